The second kappa shape index (κ2) is 7.19. The average molecular weight is 374 g/mol. The van der Waals surface area contributed by atoms with Crippen LogP contribution < -0.4 is 5.63 Å². The van der Waals surface area contributed by atoms with Crippen molar-refractivity contribution >= 4 is 16.9 Å². The van der Waals surface area contributed by atoms with Crippen LogP contribution >= 0.6 is 0 Å². The van der Waals surface area contributed by atoms with Gasteiger partial charge in [-0.05, 0) is 29.8 Å². The van der Waals surface area contributed by atoms with Crippen LogP contribution in [0.25, 0.3) is 11.0 Å². The van der Waals surface area contributed by atoms with E-state index in [2.05, 4.69) is 4.74 Å². The zero-order valence-electron chi connectivity index (χ0n) is 14.4. The number of rotatable bonds is 5. The van der Waals surface area contributed by atoms with Crippen molar-refractivity contribution in [1.82, 2.24) is 0 Å². The Morgan fingerprint density at radius 3 is 2.48 bits per heavy atom. The number of carbonyl (C=O) groups is 1. The number of para-hydroxylation sites is 1. The van der Waals surface area contributed by atoms with Crippen molar-refractivity contribution in [3.63, 3.8) is 0 Å². The van der Waals surface area contributed by atoms with Crippen LogP contribution in [0.2, 0.25) is 0 Å². The van der Waals surface area contributed by atoms with Crippen LogP contribution in [0.3, 0.4) is 0 Å². The van der Waals surface area contributed by atoms with Crippen molar-refractivity contribution < 1.29 is 27.8 Å². The first-order chi connectivity index (χ1) is 12.7. The average Bonchev–Trinajstić information content (AvgIpc) is 2.63. The molecule has 27 heavy (non-hydrogen) atoms. The van der Waals surface area contributed by atoms with Gasteiger partial charge >= 0.3 is 11.6 Å². The third-order valence-corrected chi connectivity index (χ3v) is 3.90. The number of esters is 1. The van der Waals surface area contributed by atoms with Gasteiger partial charge in [0.1, 0.15) is 11.3 Å². The summed E-state index contributed by atoms with van der Waals surface area (Å²) in [4.78, 5) is 23.9. The maximum Gasteiger partial charge on any atom is 0.343 e. The lowest BCUT2D eigenvalue weighted by molar-refractivity contribution is -0.0466. The van der Waals surface area contributed by atoms with Crippen LogP contribution in [-0.4, -0.2) is 23.6 Å². The fourth-order valence-corrected chi connectivity index (χ4v) is 2.57. The topological polar surface area (TPSA) is 76.7 Å². The molecule has 2 aromatic carbocycles. The van der Waals surface area contributed by atoms with Crippen molar-refractivity contribution in [3.8, 4) is 5.75 Å². The van der Waals surface area contributed by atoms with Crippen molar-refractivity contribution in [2.45, 2.75) is 19.3 Å². The quantitative estimate of drug-likeness (QED) is 0.541. The van der Waals surface area contributed by atoms with Crippen LogP contribution in [0.1, 0.15) is 28.4 Å². The molecule has 140 valence electrons. The highest BCUT2D eigenvalue weighted by molar-refractivity contribution is 5.89. The van der Waals surface area contributed by atoms with Gasteiger partial charge in [-0.2, -0.15) is 0 Å². The molecule has 0 saturated carbocycles. The van der Waals surface area contributed by atoms with E-state index in [4.69, 9.17) is 4.42 Å². The lowest BCUT2D eigenvalue weighted by Gasteiger charge is -2.11. The molecule has 0 aliphatic rings. The maximum absolute atomic E-state index is 12.8. The van der Waals surface area contributed by atoms with Crippen LogP contribution in [0, 0.1) is 0 Å². The lowest BCUT2D eigenvalue weighted by atomic mass is 10.0. The number of fused-ring (bicyclic) bond motifs is 1. The first kappa shape index (κ1) is 18.6. The Bertz CT molecular complexity index is 1030. The Kier molecular flexibility index (Phi) is 4.94. The molecule has 5 nitrogen and oxygen atoms in total. The summed E-state index contributed by atoms with van der Waals surface area (Å²) in [6, 6.07) is 12.5. The van der Waals surface area contributed by atoms with E-state index < -0.39 is 24.1 Å². The molecule has 0 spiro atoms. The maximum atomic E-state index is 12.8. The van der Waals surface area contributed by atoms with Gasteiger partial charge < -0.3 is 14.3 Å². The monoisotopic (exact) mass is 374 g/mol. The molecule has 3 rings (SSSR count). The Morgan fingerprint density at radius 2 is 1.81 bits per heavy atom. The van der Waals surface area contributed by atoms with Gasteiger partial charge in [-0.15, -0.1) is 0 Å². The molecule has 3 aromatic rings. The molecule has 1 N–H and O–H groups in total. The van der Waals surface area contributed by atoms with E-state index in [0.717, 1.165) is 0 Å². The number of alkyl halides is 2. The fourth-order valence-electron chi connectivity index (χ4n) is 2.57. The van der Waals surface area contributed by atoms with Crippen molar-refractivity contribution in [2.24, 2.45) is 0 Å². The first-order valence-electron chi connectivity index (χ1n) is 8.12. The summed E-state index contributed by atoms with van der Waals surface area (Å²) < 4.78 is 35.3. The van der Waals surface area contributed by atoms with E-state index in [-0.39, 0.29) is 28.9 Å². The number of carbonyl (C=O) groups excluding carboxylic acids is 1. The summed E-state index contributed by atoms with van der Waals surface area (Å²) in [6.07, 6.45) is 0.0847. The van der Waals surface area contributed by atoms with E-state index in [1.165, 1.54) is 12.1 Å². The molecule has 0 fully saturated rings. The summed E-state index contributed by atoms with van der Waals surface area (Å²) >= 11 is 0. The molecule has 0 aliphatic heterocycles. The standard InChI is InChI=1S/C20H16F2O5/c1-20(21,22)11-26-18(24)13-8-6-12(7-9-13)10-15-17(23)14-4-2-3-5-16(14)27-19(15)25/h2-9,23H,10-11H2,1H3. The molecule has 7 heteroatoms. The number of ether oxygens (including phenoxy) is 1. The molecule has 0 bridgehead atoms. The Labute approximate surface area is 152 Å². The zero-order valence-corrected chi connectivity index (χ0v) is 14.4. The van der Waals surface area contributed by atoms with Crippen LogP contribution in [-0.2, 0) is 11.2 Å². The first-order valence-corrected chi connectivity index (χ1v) is 8.12. The predicted octanol–water partition coefficient (Wildman–Crippen LogP) is 3.90. The predicted molar refractivity (Wildman–Crippen MR) is 94.3 cm³/mol. The van der Waals surface area contributed by atoms with E-state index >= 15 is 0 Å². The number of hydrogen-bond donors (Lipinski definition) is 1. The molecule has 0 saturated heterocycles. The highest BCUT2D eigenvalue weighted by Crippen LogP contribution is 2.27. The van der Waals surface area contributed by atoms with Gasteiger partial charge in [0, 0.05) is 13.3 Å². The minimum absolute atomic E-state index is 0.0847. The second-order valence-electron chi connectivity index (χ2n) is 6.23. The van der Waals surface area contributed by atoms with E-state index in [1.807, 2.05) is 0 Å². The number of benzene rings is 2. The molecule has 1 heterocycles. The number of aromatic hydroxyl groups is 1. The Morgan fingerprint density at radius 1 is 1.15 bits per heavy atom. The molecular formula is C20H16F2O5. The molecule has 0 radical (unpaired) electrons. The Hall–Kier alpha value is -3.22. The van der Waals surface area contributed by atoms with Crippen molar-refractivity contribution in [3.05, 3.63) is 75.6 Å². The summed E-state index contributed by atoms with van der Waals surface area (Å²) in [6.45, 7) is -0.343. The molecule has 0 atom stereocenters. The number of halogens is 2. The van der Waals surface area contributed by atoms with E-state index in [9.17, 15) is 23.5 Å². The smallest absolute Gasteiger partial charge is 0.343 e. The van der Waals surface area contributed by atoms with Crippen molar-refractivity contribution in [2.75, 3.05) is 6.61 Å². The second-order valence-corrected chi connectivity index (χ2v) is 6.23. The summed E-state index contributed by atoms with van der Waals surface area (Å²) in [7, 11) is 0. The van der Waals surface area contributed by atoms with Crippen LogP contribution in [0.15, 0.2) is 57.7 Å². The van der Waals surface area contributed by atoms with Gasteiger partial charge in [-0.3, -0.25) is 0 Å². The minimum Gasteiger partial charge on any atom is -0.507 e. The van der Waals surface area contributed by atoms with E-state index in [1.54, 1.807) is 36.4 Å². The third-order valence-electron chi connectivity index (χ3n) is 3.90. The fraction of sp³-hybridized carbons (Fsp3) is 0.200. The lowest BCUT2D eigenvalue weighted by Crippen LogP contribution is -2.21. The molecular weight excluding hydrogens is 358 g/mol. The largest absolute Gasteiger partial charge is 0.507 e. The summed E-state index contributed by atoms with van der Waals surface area (Å²) in [5.74, 6) is -4.12. The minimum atomic E-state index is -3.10. The van der Waals surface area contributed by atoms with Gasteiger partial charge in [-0.25, -0.2) is 18.4 Å². The zero-order chi connectivity index (χ0) is 19.6. The summed E-state index contributed by atoms with van der Waals surface area (Å²) in [5.41, 5.74) is 0.465. The third kappa shape index (κ3) is 4.31. The van der Waals surface area contributed by atoms with Crippen molar-refractivity contribution in [1.29, 1.82) is 0 Å². The van der Waals surface area contributed by atoms with Gasteiger partial charge in [0.05, 0.1) is 16.5 Å². The molecule has 0 amide bonds. The molecule has 0 unspecified atom stereocenters. The highest BCUT2D eigenvalue weighted by Gasteiger charge is 2.24. The van der Waals surface area contributed by atoms with Gasteiger partial charge in [0.15, 0.2) is 6.61 Å². The SMILES string of the molecule is CC(F)(F)COC(=O)c1ccc(Cc2c(O)c3ccccc3oc2=O)cc1. The number of hydrogen-bond acceptors (Lipinski definition) is 5. The molecule has 1 aromatic heterocycles. The Balaban J connectivity index is 1.80. The van der Waals surface area contributed by atoms with Gasteiger partial charge in [0.25, 0.3) is 5.92 Å². The highest BCUT2D eigenvalue weighted by atomic mass is 19.3. The van der Waals surface area contributed by atoms with E-state index in [0.29, 0.717) is 17.9 Å². The molecule has 0 aliphatic carbocycles. The van der Waals surface area contributed by atoms with Gasteiger partial charge in [-0.1, -0.05) is 24.3 Å². The van der Waals surface area contributed by atoms with Crippen LogP contribution in [0.5, 0.6) is 5.75 Å². The summed E-state index contributed by atoms with van der Waals surface area (Å²) in [5, 5.41) is 10.8. The normalized spacial score (nSPS) is 11.5. The van der Waals surface area contributed by atoms with Crippen LogP contribution in [0.4, 0.5) is 8.78 Å². The van der Waals surface area contributed by atoms with Gasteiger partial charge in [0.2, 0.25) is 0 Å².